The lowest BCUT2D eigenvalue weighted by Crippen LogP contribution is -2.44. The summed E-state index contributed by atoms with van der Waals surface area (Å²) in [6.07, 6.45) is 4.12. The molecule has 2 fully saturated rings. The van der Waals surface area contributed by atoms with Crippen LogP contribution in [-0.2, 0) is 9.84 Å². The molecule has 1 aliphatic carbocycles. The maximum atomic E-state index is 11.3. The van der Waals surface area contributed by atoms with E-state index < -0.39 is 15.4 Å². The van der Waals surface area contributed by atoms with E-state index >= 15 is 0 Å². The second-order valence-electron chi connectivity index (χ2n) is 5.96. The van der Waals surface area contributed by atoms with Crippen LogP contribution in [0, 0.1) is 11.3 Å². The van der Waals surface area contributed by atoms with Crippen LogP contribution in [0.5, 0.6) is 0 Å². The maximum absolute atomic E-state index is 11.3. The van der Waals surface area contributed by atoms with Crippen LogP contribution in [0.15, 0.2) is 0 Å². The van der Waals surface area contributed by atoms with Crippen molar-refractivity contribution in [3.8, 4) is 6.07 Å². The molecule has 0 bridgehead atoms. The minimum Gasteiger partial charge on any atom is -0.301 e. The third-order valence-corrected chi connectivity index (χ3v) is 5.54. The van der Waals surface area contributed by atoms with Crippen molar-refractivity contribution in [3.05, 3.63) is 0 Å². The number of rotatable bonds is 6. The fourth-order valence-corrected chi connectivity index (χ4v) is 3.75. The van der Waals surface area contributed by atoms with E-state index in [1.54, 1.807) is 0 Å². The van der Waals surface area contributed by atoms with E-state index in [4.69, 9.17) is 0 Å². The Labute approximate surface area is 115 Å². The molecule has 0 aromatic rings. The Hall–Kier alpha value is -0.640. The van der Waals surface area contributed by atoms with Crippen LogP contribution in [0.3, 0.4) is 0 Å². The molecule has 6 heteroatoms. The molecule has 2 aliphatic rings. The Morgan fingerprint density at radius 2 is 2.00 bits per heavy atom. The predicted molar refractivity (Wildman–Crippen MR) is 74.5 cm³/mol. The van der Waals surface area contributed by atoms with Gasteiger partial charge in [-0.05, 0) is 39.2 Å². The second kappa shape index (κ2) is 5.78. The average Bonchev–Trinajstić information content (AvgIpc) is 3.15. The molecule has 0 radical (unpaired) electrons. The van der Waals surface area contributed by atoms with Gasteiger partial charge in [0.05, 0.1) is 17.6 Å². The summed E-state index contributed by atoms with van der Waals surface area (Å²) in [5.41, 5.74) is -0.428. The summed E-state index contributed by atoms with van der Waals surface area (Å²) in [5.74, 6) is 0.561. The summed E-state index contributed by atoms with van der Waals surface area (Å²) in [6.45, 7) is 4.13. The molecule has 5 nitrogen and oxygen atoms in total. The van der Waals surface area contributed by atoms with Gasteiger partial charge in [0.1, 0.15) is 5.54 Å². The molecule has 1 heterocycles. The fourth-order valence-electron chi connectivity index (χ4n) is 2.47. The highest BCUT2D eigenvalue weighted by atomic mass is 32.2. The average molecular weight is 285 g/mol. The molecule has 1 unspecified atom stereocenters. The van der Waals surface area contributed by atoms with E-state index in [9.17, 15) is 13.7 Å². The van der Waals surface area contributed by atoms with E-state index in [-0.39, 0.29) is 11.5 Å². The standard InChI is InChI=1S/C13H23N3O2S/c1-13(11-14,15-12-3-4-12)5-2-6-16-7-9-19(17,18)10-8-16/h12,15H,2-10H2,1H3. The topological polar surface area (TPSA) is 73.2 Å². The van der Waals surface area contributed by atoms with Crippen molar-refractivity contribution in [2.45, 2.75) is 44.2 Å². The molecule has 2 rings (SSSR count). The van der Waals surface area contributed by atoms with Crippen LogP contribution < -0.4 is 5.32 Å². The first-order valence-corrected chi connectivity index (χ1v) is 8.86. The molecule has 1 saturated heterocycles. The molecule has 1 atom stereocenters. The van der Waals surface area contributed by atoms with E-state index in [0.717, 1.165) is 19.4 Å². The van der Waals surface area contributed by atoms with Crippen molar-refractivity contribution >= 4 is 9.84 Å². The van der Waals surface area contributed by atoms with Crippen LogP contribution in [0.25, 0.3) is 0 Å². The quantitative estimate of drug-likeness (QED) is 0.771. The largest absolute Gasteiger partial charge is 0.301 e. The van der Waals surface area contributed by atoms with Gasteiger partial charge in [-0.1, -0.05) is 0 Å². The van der Waals surface area contributed by atoms with Gasteiger partial charge in [0.15, 0.2) is 9.84 Å². The highest BCUT2D eigenvalue weighted by Gasteiger charge is 2.32. The summed E-state index contributed by atoms with van der Waals surface area (Å²) in [4.78, 5) is 2.19. The number of hydrogen-bond donors (Lipinski definition) is 1. The van der Waals surface area contributed by atoms with Gasteiger partial charge in [0, 0.05) is 19.1 Å². The molecule has 0 aromatic heterocycles. The first kappa shape index (κ1) is 14.8. The number of nitrogens with zero attached hydrogens (tertiary/aromatic N) is 2. The van der Waals surface area contributed by atoms with Gasteiger partial charge in [-0.3, -0.25) is 5.32 Å². The van der Waals surface area contributed by atoms with Crippen LogP contribution in [0.4, 0.5) is 0 Å². The van der Waals surface area contributed by atoms with Crippen molar-refractivity contribution < 1.29 is 8.42 Å². The smallest absolute Gasteiger partial charge is 0.152 e. The van der Waals surface area contributed by atoms with E-state index in [1.165, 1.54) is 12.8 Å². The Morgan fingerprint density at radius 1 is 1.37 bits per heavy atom. The molecule has 0 amide bonds. The van der Waals surface area contributed by atoms with Gasteiger partial charge in [-0.25, -0.2) is 8.42 Å². The van der Waals surface area contributed by atoms with Gasteiger partial charge < -0.3 is 4.90 Å². The predicted octanol–water partition coefficient (Wildman–Crippen LogP) is 0.531. The fraction of sp³-hybridized carbons (Fsp3) is 0.923. The minimum atomic E-state index is -2.79. The van der Waals surface area contributed by atoms with Crippen molar-refractivity contribution in [2.75, 3.05) is 31.1 Å². The lowest BCUT2D eigenvalue weighted by atomic mass is 9.97. The van der Waals surface area contributed by atoms with Crippen molar-refractivity contribution in [2.24, 2.45) is 0 Å². The number of nitriles is 1. The van der Waals surface area contributed by atoms with Gasteiger partial charge >= 0.3 is 0 Å². The van der Waals surface area contributed by atoms with Crippen molar-refractivity contribution in [1.82, 2.24) is 10.2 Å². The first-order chi connectivity index (χ1) is 8.92. The Morgan fingerprint density at radius 3 is 2.53 bits per heavy atom. The molecule has 0 aromatic carbocycles. The maximum Gasteiger partial charge on any atom is 0.152 e. The Kier molecular flexibility index (Phi) is 4.49. The van der Waals surface area contributed by atoms with E-state index in [0.29, 0.717) is 19.1 Å². The van der Waals surface area contributed by atoms with Gasteiger partial charge in [-0.15, -0.1) is 0 Å². The zero-order valence-corrected chi connectivity index (χ0v) is 12.4. The molecule has 19 heavy (non-hydrogen) atoms. The molecule has 1 saturated carbocycles. The third kappa shape index (κ3) is 4.75. The summed E-state index contributed by atoms with van der Waals surface area (Å²) in [7, 11) is -2.79. The van der Waals surface area contributed by atoms with E-state index in [1.807, 2.05) is 6.92 Å². The van der Waals surface area contributed by atoms with Crippen LogP contribution in [0.2, 0.25) is 0 Å². The van der Waals surface area contributed by atoms with Gasteiger partial charge in [-0.2, -0.15) is 5.26 Å². The zero-order valence-electron chi connectivity index (χ0n) is 11.6. The lowest BCUT2D eigenvalue weighted by molar-refractivity contribution is 0.274. The van der Waals surface area contributed by atoms with Gasteiger partial charge in [0.25, 0.3) is 0 Å². The summed E-state index contributed by atoms with van der Waals surface area (Å²) in [6, 6.07) is 2.91. The molecule has 108 valence electrons. The highest BCUT2D eigenvalue weighted by molar-refractivity contribution is 7.91. The number of nitrogens with one attached hydrogen (secondary N) is 1. The molecule has 0 spiro atoms. The Balaban J connectivity index is 1.69. The first-order valence-electron chi connectivity index (χ1n) is 7.04. The summed E-state index contributed by atoms with van der Waals surface area (Å²) in [5, 5.41) is 12.7. The monoisotopic (exact) mass is 285 g/mol. The van der Waals surface area contributed by atoms with E-state index in [2.05, 4.69) is 16.3 Å². The van der Waals surface area contributed by atoms with Crippen molar-refractivity contribution in [1.29, 1.82) is 5.26 Å². The van der Waals surface area contributed by atoms with Crippen LogP contribution in [0.1, 0.15) is 32.6 Å². The molecule has 1 N–H and O–H groups in total. The normalized spacial score (nSPS) is 26.5. The zero-order chi connectivity index (χ0) is 13.9. The van der Waals surface area contributed by atoms with Gasteiger partial charge in [0.2, 0.25) is 0 Å². The minimum absolute atomic E-state index is 0.281. The lowest BCUT2D eigenvalue weighted by Gasteiger charge is -2.28. The second-order valence-corrected chi connectivity index (χ2v) is 8.26. The summed E-state index contributed by atoms with van der Waals surface area (Å²) >= 11 is 0. The highest BCUT2D eigenvalue weighted by Crippen LogP contribution is 2.24. The third-order valence-electron chi connectivity index (χ3n) is 3.93. The molecule has 1 aliphatic heterocycles. The van der Waals surface area contributed by atoms with Crippen LogP contribution in [-0.4, -0.2) is 56.0 Å². The Bertz CT molecular complexity index is 439. The summed E-state index contributed by atoms with van der Waals surface area (Å²) < 4.78 is 22.6. The van der Waals surface area contributed by atoms with Crippen LogP contribution >= 0.6 is 0 Å². The molecular weight excluding hydrogens is 262 g/mol. The SMILES string of the molecule is CC(C#N)(CCCN1CCS(=O)(=O)CC1)NC1CC1. The number of sulfone groups is 1. The van der Waals surface area contributed by atoms with Crippen molar-refractivity contribution in [3.63, 3.8) is 0 Å². The number of hydrogen-bond acceptors (Lipinski definition) is 5. The molecular formula is C13H23N3O2S.